The number of ether oxygens (including phenoxy) is 1. The molecule has 0 saturated heterocycles. The Morgan fingerprint density at radius 1 is 1.59 bits per heavy atom. The van der Waals surface area contributed by atoms with E-state index in [-0.39, 0.29) is 6.42 Å². The maximum atomic E-state index is 10.8. The Labute approximate surface area is 105 Å². The highest BCUT2D eigenvalue weighted by Gasteiger charge is 2.29. The molecule has 0 heterocycles. The van der Waals surface area contributed by atoms with Crippen molar-refractivity contribution in [1.82, 2.24) is 0 Å². The lowest BCUT2D eigenvalue weighted by Crippen LogP contribution is -2.36. The van der Waals surface area contributed by atoms with E-state index in [1.54, 1.807) is 19.1 Å². The Morgan fingerprint density at radius 3 is 2.65 bits per heavy atom. The molecule has 3 N–H and O–H groups in total. The van der Waals surface area contributed by atoms with Gasteiger partial charge in [0.1, 0.15) is 5.75 Å². The van der Waals surface area contributed by atoms with E-state index in [1.807, 2.05) is 6.92 Å². The highest BCUT2D eigenvalue weighted by atomic mass is 35.5. The lowest BCUT2D eigenvalue weighted by Gasteiger charge is -2.26. The molecule has 0 saturated carbocycles. The molecule has 1 atom stereocenters. The molecule has 4 nitrogen and oxygen atoms in total. The minimum absolute atomic E-state index is 0.191. The number of carboxylic acids is 1. The van der Waals surface area contributed by atoms with Crippen molar-refractivity contribution in [1.29, 1.82) is 0 Å². The van der Waals surface area contributed by atoms with Crippen LogP contribution in [0.3, 0.4) is 0 Å². The zero-order valence-corrected chi connectivity index (χ0v) is 10.8. The molecule has 1 aromatic rings. The van der Waals surface area contributed by atoms with E-state index in [0.29, 0.717) is 16.3 Å². The van der Waals surface area contributed by atoms with Gasteiger partial charge in [0.15, 0.2) is 0 Å². The van der Waals surface area contributed by atoms with Crippen molar-refractivity contribution in [3.05, 3.63) is 28.3 Å². The minimum atomic E-state index is -1.02. The predicted octanol–water partition coefficient (Wildman–Crippen LogP) is 2.31. The normalized spacial score (nSPS) is 14.2. The van der Waals surface area contributed by atoms with Gasteiger partial charge < -0.3 is 15.6 Å². The Balaban J connectivity index is 3.33. The van der Waals surface area contributed by atoms with E-state index in [2.05, 4.69) is 0 Å². The van der Waals surface area contributed by atoms with Crippen LogP contribution in [0.2, 0.25) is 5.02 Å². The molecule has 1 aromatic carbocycles. The number of carboxylic acid groups (broad SMARTS) is 1. The zero-order chi connectivity index (χ0) is 13.2. The molecule has 0 aliphatic rings. The monoisotopic (exact) mass is 257 g/mol. The van der Waals surface area contributed by atoms with Gasteiger partial charge in [-0.2, -0.15) is 0 Å². The highest BCUT2D eigenvalue weighted by molar-refractivity contribution is 6.30. The molecule has 1 rings (SSSR count). The van der Waals surface area contributed by atoms with Gasteiger partial charge in [0.2, 0.25) is 0 Å². The van der Waals surface area contributed by atoms with Crippen molar-refractivity contribution < 1.29 is 14.6 Å². The van der Waals surface area contributed by atoms with Crippen molar-refractivity contribution in [2.45, 2.75) is 25.8 Å². The van der Waals surface area contributed by atoms with Crippen LogP contribution in [0.1, 0.15) is 24.5 Å². The third-order valence-electron chi connectivity index (χ3n) is 2.58. The smallest absolute Gasteiger partial charge is 0.305 e. The number of hydrogen-bond acceptors (Lipinski definition) is 3. The third-order valence-corrected chi connectivity index (χ3v) is 2.80. The molecule has 0 radical (unpaired) electrons. The lowest BCUT2D eigenvalue weighted by molar-refractivity contribution is -0.138. The molecular formula is C12H16ClNO3. The molecule has 0 aliphatic heterocycles. The first kappa shape index (κ1) is 13.8. The number of aliphatic carboxylic acids is 1. The third kappa shape index (κ3) is 3.11. The summed E-state index contributed by atoms with van der Waals surface area (Å²) in [5.41, 5.74) is 6.45. The van der Waals surface area contributed by atoms with Crippen molar-refractivity contribution in [2.24, 2.45) is 5.73 Å². The summed E-state index contributed by atoms with van der Waals surface area (Å²) in [5, 5.41) is 9.37. The van der Waals surface area contributed by atoms with Gasteiger partial charge in [0.25, 0.3) is 0 Å². The Bertz CT molecular complexity index is 444. The Hall–Kier alpha value is -1.26. The fourth-order valence-corrected chi connectivity index (χ4v) is 2.11. The van der Waals surface area contributed by atoms with E-state index >= 15 is 0 Å². The molecular weight excluding hydrogens is 242 g/mol. The minimum Gasteiger partial charge on any atom is -0.496 e. The van der Waals surface area contributed by atoms with E-state index in [4.69, 9.17) is 27.2 Å². The van der Waals surface area contributed by atoms with Crippen LogP contribution in [-0.4, -0.2) is 18.2 Å². The maximum Gasteiger partial charge on any atom is 0.305 e. The molecule has 17 heavy (non-hydrogen) atoms. The number of nitrogens with two attached hydrogens (primary N) is 1. The SMILES string of the molecule is COc1c(C)cc(Cl)cc1C(C)(N)CC(=O)O. The van der Waals surface area contributed by atoms with Gasteiger partial charge in [-0.15, -0.1) is 0 Å². The van der Waals surface area contributed by atoms with Crippen LogP contribution in [-0.2, 0) is 10.3 Å². The lowest BCUT2D eigenvalue weighted by atomic mass is 9.88. The van der Waals surface area contributed by atoms with Crippen molar-refractivity contribution in [3.63, 3.8) is 0 Å². The van der Waals surface area contributed by atoms with Gasteiger partial charge in [-0.25, -0.2) is 0 Å². The van der Waals surface area contributed by atoms with Crippen LogP contribution in [0, 0.1) is 6.92 Å². The molecule has 0 fully saturated rings. The standard InChI is InChI=1S/C12H16ClNO3/c1-7-4-8(13)5-9(11(7)17-3)12(2,14)6-10(15)16/h4-5H,6,14H2,1-3H3,(H,15,16). The second kappa shape index (κ2) is 4.94. The average molecular weight is 258 g/mol. The van der Waals surface area contributed by atoms with Crippen LogP contribution in [0.25, 0.3) is 0 Å². The largest absolute Gasteiger partial charge is 0.496 e. The molecule has 0 bridgehead atoms. The highest BCUT2D eigenvalue weighted by Crippen LogP contribution is 2.35. The van der Waals surface area contributed by atoms with Crippen molar-refractivity contribution in [2.75, 3.05) is 7.11 Å². The Morgan fingerprint density at radius 2 is 2.18 bits per heavy atom. The van der Waals surface area contributed by atoms with Gasteiger partial charge in [0, 0.05) is 10.6 Å². The molecule has 0 spiro atoms. The number of carbonyl (C=O) groups is 1. The van der Waals surface area contributed by atoms with Gasteiger partial charge in [0.05, 0.1) is 19.1 Å². The number of aryl methyl sites for hydroxylation is 1. The van der Waals surface area contributed by atoms with Crippen LogP contribution >= 0.6 is 11.6 Å². The molecule has 0 amide bonds. The second-order valence-corrected chi connectivity index (χ2v) is 4.73. The van der Waals surface area contributed by atoms with Crippen LogP contribution < -0.4 is 10.5 Å². The molecule has 0 aliphatic carbocycles. The van der Waals surface area contributed by atoms with Gasteiger partial charge in [-0.1, -0.05) is 11.6 Å². The topological polar surface area (TPSA) is 72.5 Å². The first-order valence-corrected chi connectivity index (χ1v) is 5.51. The van der Waals surface area contributed by atoms with E-state index in [0.717, 1.165) is 5.56 Å². The number of methoxy groups -OCH3 is 1. The molecule has 0 aromatic heterocycles. The summed E-state index contributed by atoms with van der Waals surface area (Å²) >= 11 is 5.96. The summed E-state index contributed by atoms with van der Waals surface area (Å²) in [7, 11) is 1.52. The Kier molecular flexibility index (Phi) is 4.01. The maximum absolute atomic E-state index is 10.8. The first-order valence-electron chi connectivity index (χ1n) is 5.13. The van der Waals surface area contributed by atoms with Crippen LogP contribution in [0.5, 0.6) is 5.75 Å². The molecule has 94 valence electrons. The number of hydrogen-bond donors (Lipinski definition) is 2. The summed E-state index contributed by atoms with van der Waals surface area (Å²) in [6.07, 6.45) is -0.191. The predicted molar refractivity (Wildman–Crippen MR) is 66.5 cm³/mol. The number of benzene rings is 1. The number of halogens is 1. The fraction of sp³-hybridized carbons (Fsp3) is 0.417. The quantitative estimate of drug-likeness (QED) is 0.868. The van der Waals surface area contributed by atoms with Gasteiger partial charge >= 0.3 is 5.97 Å². The summed E-state index contributed by atoms with van der Waals surface area (Å²) in [4.78, 5) is 10.8. The van der Waals surface area contributed by atoms with E-state index in [1.165, 1.54) is 7.11 Å². The van der Waals surface area contributed by atoms with Crippen molar-refractivity contribution >= 4 is 17.6 Å². The summed E-state index contributed by atoms with van der Waals surface area (Å²) < 4.78 is 5.27. The van der Waals surface area contributed by atoms with E-state index in [9.17, 15) is 4.79 Å². The molecule has 1 unspecified atom stereocenters. The number of rotatable bonds is 4. The summed E-state index contributed by atoms with van der Waals surface area (Å²) in [6.45, 7) is 3.49. The summed E-state index contributed by atoms with van der Waals surface area (Å²) in [5.74, 6) is -0.379. The summed E-state index contributed by atoms with van der Waals surface area (Å²) in [6, 6.07) is 3.40. The second-order valence-electron chi connectivity index (χ2n) is 4.29. The molecule has 5 heteroatoms. The van der Waals surface area contributed by atoms with Crippen LogP contribution in [0.15, 0.2) is 12.1 Å². The first-order chi connectivity index (χ1) is 7.77. The fourth-order valence-electron chi connectivity index (χ4n) is 1.83. The zero-order valence-electron chi connectivity index (χ0n) is 10.1. The average Bonchev–Trinajstić information content (AvgIpc) is 2.14. The van der Waals surface area contributed by atoms with Crippen LogP contribution in [0.4, 0.5) is 0 Å². The van der Waals surface area contributed by atoms with Gasteiger partial charge in [-0.05, 0) is 31.5 Å². The van der Waals surface area contributed by atoms with Gasteiger partial charge in [-0.3, -0.25) is 4.79 Å². The van der Waals surface area contributed by atoms with E-state index < -0.39 is 11.5 Å². The van der Waals surface area contributed by atoms with Crippen molar-refractivity contribution in [3.8, 4) is 5.75 Å².